The predicted octanol–water partition coefficient (Wildman–Crippen LogP) is 7.85. The van der Waals surface area contributed by atoms with Gasteiger partial charge in [-0.2, -0.15) is 0 Å². The van der Waals surface area contributed by atoms with Gasteiger partial charge in [0.05, 0.1) is 0 Å². The molecule has 0 saturated heterocycles. The molecular formula is C28H46O. The van der Waals surface area contributed by atoms with Crippen LogP contribution in [0.4, 0.5) is 0 Å². The fourth-order valence-electron chi connectivity index (χ4n) is 6.51. The van der Waals surface area contributed by atoms with Crippen molar-refractivity contribution in [3.05, 3.63) is 12.2 Å². The third kappa shape index (κ3) is 6.23. The Kier molecular flexibility index (Phi) is 9.52. The first-order valence-electron chi connectivity index (χ1n) is 12.5. The minimum Gasteiger partial charge on any atom is -0.299 e. The zero-order valence-electron chi connectivity index (χ0n) is 19.9. The quantitative estimate of drug-likeness (QED) is 0.256. The number of ketones is 1. The summed E-state index contributed by atoms with van der Waals surface area (Å²) in [6.45, 7) is 11.7. The Balaban J connectivity index is 1.98. The molecule has 2 aliphatic carbocycles. The maximum Gasteiger partial charge on any atom is 0.139 e. The second kappa shape index (κ2) is 11.4. The van der Waals surface area contributed by atoms with E-state index in [1.807, 2.05) is 0 Å². The van der Waals surface area contributed by atoms with E-state index in [1.165, 1.54) is 32.1 Å². The fourth-order valence-corrected chi connectivity index (χ4v) is 6.51. The lowest BCUT2D eigenvalue weighted by molar-refractivity contribution is -0.136. The molecule has 0 aromatic rings. The lowest BCUT2D eigenvalue weighted by Gasteiger charge is -2.45. The Morgan fingerprint density at radius 1 is 1.17 bits per heavy atom. The molecule has 1 nitrogen and oxygen atoms in total. The van der Waals surface area contributed by atoms with Gasteiger partial charge < -0.3 is 0 Å². The number of carbonyl (C=O) groups is 1. The molecule has 0 heterocycles. The second-order valence-electron chi connectivity index (χ2n) is 10.8. The van der Waals surface area contributed by atoms with E-state index in [-0.39, 0.29) is 11.3 Å². The van der Waals surface area contributed by atoms with Crippen molar-refractivity contribution in [2.75, 3.05) is 0 Å². The van der Waals surface area contributed by atoms with E-state index in [0.717, 1.165) is 56.3 Å². The van der Waals surface area contributed by atoms with Crippen LogP contribution in [0.15, 0.2) is 12.2 Å². The average molecular weight is 399 g/mol. The summed E-state index contributed by atoms with van der Waals surface area (Å²) < 4.78 is 0. The molecule has 2 saturated carbocycles. The van der Waals surface area contributed by atoms with Crippen LogP contribution in [0.2, 0.25) is 0 Å². The molecule has 0 bridgehead atoms. The van der Waals surface area contributed by atoms with Gasteiger partial charge in [0.25, 0.3) is 0 Å². The highest BCUT2D eigenvalue weighted by molar-refractivity contribution is 5.85. The molecule has 0 radical (unpaired) electrons. The molecule has 0 aromatic carbocycles. The van der Waals surface area contributed by atoms with Crippen molar-refractivity contribution in [1.29, 1.82) is 0 Å². The number of hydrogen-bond acceptors (Lipinski definition) is 1. The molecule has 0 spiro atoms. The van der Waals surface area contributed by atoms with Crippen LogP contribution in [0.1, 0.15) is 105 Å². The number of allylic oxidation sites excluding steroid dienone is 2. The molecule has 29 heavy (non-hydrogen) atoms. The van der Waals surface area contributed by atoms with E-state index in [1.54, 1.807) is 0 Å². The first kappa shape index (κ1) is 24.2. The van der Waals surface area contributed by atoms with Crippen LogP contribution in [-0.2, 0) is 4.79 Å². The zero-order chi connectivity index (χ0) is 21.4. The number of fused-ring (bicyclic) bond motifs is 1. The number of carbonyl (C=O) groups excluding carboxylic acids is 1. The van der Waals surface area contributed by atoms with Crippen molar-refractivity contribution in [1.82, 2.24) is 0 Å². The van der Waals surface area contributed by atoms with E-state index < -0.39 is 0 Å². The van der Waals surface area contributed by atoms with Gasteiger partial charge in [-0.05, 0) is 74.0 Å². The van der Waals surface area contributed by atoms with Crippen molar-refractivity contribution in [2.45, 2.75) is 105 Å². The number of hydrogen-bond donors (Lipinski definition) is 0. The highest BCUT2D eigenvalue weighted by Gasteiger charge is 2.54. The molecule has 2 aliphatic rings. The minimum absolute atomic E-state index is 0.245. The average Bonchev–Trinajstić information content (AvgIpc) is 3.02. The van der Waals surface area contributed by atoms with Gasteiger partial charge in [-0.1, -0.05) is 66.0 Å². The van der Waals surface area contributed by atoms with Crippen LogP contribution >= 0.6 is 0 Å². The molecule has 0 aromatic heterocycles. The van der Waals surface area contributed by atoms with Gasteiger partial charge >= 0.3 is 0 Å². The van der Waals surface area contributed by atoms with E-state index in [2.05, 4.69) is 52.7 Å². The van der Waals surface area contributed by atoms with E-state index in [4.69, 9.17) is 6.42 Å². The summed E-state index contributed by atoms with van der Waals surface area (Å²) in [7, 11) is 0. The topological polar surface area (TPSA) is 17.1 Å². The van der Waals surface area contributed by atoms with Crippen LogP contribution in [0.5, 0.6) is 0 Å². The number of terminal acetylenes is 1. The first-order valence-corrected chi connectivity index (χ1v) is 12.5. The number of Topliss-reactive ketones (excluding diaryl/α,β-unsaturated/α-hetero) is 1. The van der Waals surface area contributed by atoms with E-state index >= 15 is 0 Å². The SMILES string of the molecule is C#CCC(C/C=C\CC)CC1CCC2(C)C(CCC2[C@H](C)CCCC(C)C)C1=O. The molecule has 2 fully saturated rings. The monoisotopic (exact) mass is 398 g/mol. The third-order valence-corrected chi connectivity index (χ3v) is 8.21. The first-order chi connectivity index (χ1) is 13.8. The van der Waals surface area contributed by atoms with Crippen LogP contribution in [0.25, 0.3) is 0 Å². The summed E-state index contributed by atoms with van der Waals surface area (Å²) in [5, 5.41) is 0. The van der Waals surface area contributed by atoms with Gasteiger partial charge in [0, 0.05) is 18.3 Å². The second-order valence-corrected chi connectivity index (χ2v) is 10.8. The van der Waals surface area contributed by atoms with E-state index in [9.17, 15) is 4.79 Å². The number of rotatable bonds is 11. The molecular weight excluding hydrogens is 352 g/mol. The Bertz CT molecular complexity index is 580. The van der Waals surface area contributed by atoms with Crippen molar-refractivity contribution in [3.63, 3.8) is 0 Å². The van der Waals surface area contributed by atoms with Crippen LogP contribution < -0.4 is 0 Å². The minimum atomic E-state index is 0.245. The lowest BCUT2D eigenvalue weighted by Crippen LogP contribution is -2.43. The Morgan fingerprint density at radius 3 is 2.59 bits per heavy atom. The van der Waals surface area contributed by atoms with Crippen molar-refractivity contribution >= 4 is 5.78 Å². The molecule has 2 rings (SSSR count). The van der Waals surface area contributed by atoms with Crippen molar-refractivity contribution in [2.24, 2.45) is 40.9 Å². The maximum absolute atomic E-state index is 13.5. The third-order valence-electron chi connectivity index (χ3n) is 8.21. The van der Waals surface area contributed by atoms with Gasteiger partial charge in [-0.3, -0.25) is 4.79 Å². The van der Waals surface area contributed by atoms with Gasteiger partial charge in [0.2, 0.25) is 0 Å². The van der Waals surface area contributed by atoms with Crippen molar-refractivity contribution < 1.29 is 4.79 Å². The highest BCUT2D eigenvalue weighted by Crippen LogP contribution is 2.58. The molecule has 5 unspecified atom stereocenters. The highest BCUT2D eigenvalue weighted by atomic mass is 16.1. The normalized spacial score (nSPS) is 31.8. The molecule has 1 heteroatoms. The Morgan fingerprint density at radius 2 is 1.93 bits per heavy atom. The molecule has 164 valence electrons. The Labute approximate surface area is 181 Å². The summed E-state index contributed by atoms with van der Waals surface area (Å²) >= 11 is 0. The lowest BCUT2D eigenvalue weighted by atomic mass is 9.58. The van der Waals surface area contributed by atoms with Gasteiger partial charge in [0.15, 0.2) is 0 Å². The smallest absolute Gasteiger partial charge is 0.139 e. The Hall–Kier alpha value is -1.03. The summed E-state index contributed by atoms with van der Waals surface area (Å²) in [6, 6.07) is 0. The largest absolute Gasteiger partial charge is 0.299 e. The zero-order valence-corrected chi connectivity index (χ0v) is 19.9. The summed E-state index contributed by atoms with van der Waals surface area (Å²) in [6.07, 6.45) is 22.7. The molecule has 0 aliphatic heterocycles. The molecule has 0 N–H and O–H groups in total. The van der Waals surface area contributed by atoms with Gasteiger partial charge in [-0.25, -0.2) is 0 Å². The van der Waals surface area contributed by atoms with Gasteiger partial charge in [0.1, 0.15) is 5.78 Å². The van der Waals surface area contributed by atoms with Crippen LogP contribution in [0, 0.1) is 53.3 Å². The van der Waals surface area contributed by atoms with Gasteiger partial charge in [-0.15, -0.1) is 12.3 Å². The fraction of sp³-hybridized carbons (Fsp3) is 0.821. The standard InChI is InChI=1S/C28H46O/c1-7-9-10-15-23(12-8-2)20-24-18-19-28(6)25(16-17-26(28)27(24)29)22(5)14-11-13-21(3)4/h2,9-10,21-26H,7,11-20H2,1,3-6H3/b10-9-/t22-,23?,24?,25?,26?,28?/m1/s1. The molecule has 0 amide bonds. The maximum atomic E-state index is 13.5. The van der Waals surface area contributed by atoms with Crippen LogP contribution in [-0.4, -0.2) is 5.78 Å². The summed E-state index contributed by atoms with van der Waals surface area (Å²) in [4.78, 5) is 13.5. The predicted molar refractivity (Wildman–Crippen MR) is 126 cm³/mol. The summed E-state index contributed by atoms with van der Waals surface area (Å²) in [5.41, 5.74) is 0.245. The van der Waals surface area contributed by atoms with Crippen LogP contribution in [0.3, 0.4) is 0 Å². The molecule has 6 atom stereocenters. The van der Waals surface area contributed by atoms with Crippen molar-refractivity contribution in [3.8, 4) is 12.3 Å². The summed E-state index contributed by atoms with van der Waals surface area (Å²) in [5.74, 6) is 6.74. The van der Waals surface area contributed by atoms with E-state index in [0.29, 0.717) is 17.6 Å².